The molecular formula is C8H14N4. The zero-order chi connectivity index (χ0) is 9.45. The summed E-state index contributed by atoms with van der Waals surface area (Å²) in [6.07, 6.45) is 1.95. The third kappa shape index (κ3) is 3.92. The summed E-state index contributed by atoms with van der Waals surface area (Å²) in [4.78, 5) is 0. The largest absolute Gasteiger partial charge is 0.329 e. The second kappa shape index (κ2) is 5.54. The van der Waals surface area contributed by atoms with Gasteiger partial charge in [-0.05, 0) is 12.8 Å². The quantitative estimate of drug-likeness (QED) is 0.611. The number of nitrogens with zero attached hydrogens (tertiary/aromatic N) is 2. The summed E-state index contributed by atoms with van der Waals surface area (Å²) < 4.78 is 0. The van der Waals surface area contributed by atoms with E-state index in [2.05, 4.69) is 0 Å². The van der Waals surface area contributed by atoms with Gasteiger partial charge in [0.25, 0.3) is 0 Å². The molecule has 12 heavy (non-hydrogen) atoms. The molecule has 66 valence electrons. The Kier molecular flexibility index (Phi) is 5.03. The van der Waals surface area contributed by atoms with Gasteiger partial charge in [0.15, 0.2) is 0 Å². The molecule has 4 nitrogen and oxygen atoms in total. The lowest BCUT2D eigenvalue weighted by molar-refractivity contribution is 0.383. The lowest BCUT2D eigenvalue weighted by Gasteiger charge is -2.25. The summed E-state index contributed by atoms with van der Waals surface area (Å²) in [5.74, 6) is 0. The monoisotopic (exact) mass is 166 g/mol. The number of hydrogen-bond donors (Lipinski definition) is 2. The normalized spacial score (nSPS) is 10.3. The van der Waals surface area contributed by atoms with Crippen molar-refractivity contribution < 1.29 is 0 Å². The molecule has 0 radical (unpaired) electrons. The van der Waals surface area contributed by atoms with Crippen molar-refractivity contribution in [2.24, 2.45) is 11.5 Å². The Labute approximate surface area is 72.8 Å². The SMILES string of the molecule is N#CCCC(N)(CN)CCC#N. The van der Waals surface area contributed by atoms with Crippen molar-refractivity contribution in [1.29, 1.82) is 10.5 Å². The van der Waals surface area contributed by atoms with Crippen molar-refractivity contribution >= 4 is 0 Å². The molecule has 0 bridgehead atoms. The highest BCUT2D eigenvalue weighted by molar-refractivity contribution is 4.91. The Morgan fingerprint density at radius 3 is 1.75 bits per heavy atom. The van der Waals surface area contributed by atoms with Crippen molar-refractivity contribution in [2.45, 2.75) is 31.2 Å². The van der Waals surface area contributed by atoms with E-state index in [1.54, 1.807) is 0 Å². The first-order valence-corrected chi connectivity index (χ1v) is 3.91. The molecule has 0 aliphatic heterocycles. The first-order valence-electron chi connectivity index (χ1n) is 3.91. The Hall–Kier alpha value is -1.10. The van der Waals surface area contributed by atoms with Crippen LogP contribution in [0.1, 0.15) is 25.7 Å². The Balaban J connectivity index is 3.90. The fourth-order valence-electron chi connectivity index (χ4n) is 0.939. The van der Waals surface area contributed by atoms with Gasteiger partial charge in [-0.25, -0.2) is 0 Å². The lowest BCUT2D eigenvalue weighted by atomic mass is 9.90. The summed E-state index contributed by atoms with van der Waals surface area (Å²) >= 11 is 0. The summed E-state index contributed by atoms with van der Waals surface area (Å²) in [5.41, 5.74) is 10.8. The zero-order valence-electron chi connectivity index (χ0n) is 7.08. The molecule has 0 rings (SSSR count). The van der Waals surface area contributed by atoms with Crippen LogP contribution in [0.5, 0.6) is 0 Å². The van der Waals surface area contributed by atoms with Gasteiger partial charge in [-0.3, -0.25) is 0 Å². The first-order chi connectivity index (χ1) is 5.68. The van der Waals surface area contributed by atoms with Crippen LogP contribution in [0.2, 0.25) is 0 Å². The van der Waals surface area contributed by atoms with Crippen LogP contribution in [0.4, 0.5) is 0 Å². The summed E-state index contributed by atoms with van der Waals surface area (Å²) in [7, 11) is 0. The fourth-order valence-corrected chi connectivity index (χ4v) is 0.939. The van der Waals surface area contributed by atoms with E-state index in [0.29, 0.717) is 32.2 Å². The van der Waals surface area contributed by atoms with E-state index in [9.17, 15) is 0 Å². The first kappa shape index (κ1) is 10.9. The summed E-state index contributed by atoms with van der Waals surface area (Å²) in [5, 5.41) is 16.7. The third-order valence-electron chi connectivity index (χ3n) is 1.88. The molecule has 0 aromatic carbocycles. The summed E-state index contributed by atoms with van der Waals surface area (Å²) in [6, 6.07) is 4.03. The van der Waals surface area contributed by atoms with E-state index >= 15 is 0 Å². The second-order valence-electron chi connectivity index (χ2n) is 2.88. The van der Waals surface area contributed by atoms with E-state index in [1.165, 1.54) is 0 Å². The van der Waals surface area contributed by atoms with Crippen molar-refractivity contribution in [3.05, 3.63) is 0 Å². The molecule has 0 aromatic rings. The highest BCUT2D eigenvalue weighted by Gasteiger charge is 2.21. The summed E-state index contributed by atoms with van der Waals surface area (Å²) in [6.45, 7) is 0.330. The fraction of sp³-hybridized carbons (Fsp3) is 0.750. The minimum atomic E-state index is -0.522. The molecule has 0 atom stereocenters. The average Bonchev–Trinajstić information content (AvgIpc) is 2.11. The van der Waals surface area contributed by atoms with Crippen molar-refractivity contribution in [3.8, 4) is 12.1 Å². The molecule has 0 aliphatic carbocycles. The van der Waals surface area contributed by atoms with Crippen molar-refractivity contribution in [3.63, 3.8) is 0 Å². The van der Waals surface area contributed by atoms with Crippen LogP contribution < -0.4 is 11.5 Å². The van der Waals surface area contributed by atoms with Crippen molar-refractivity contribution in [1.82, 2.24) is 0 Å². The average molecular weight is 166 g/mol. The lowest BCUT2D eigenvalue weighted by Crippen LogP contribution is -2.46. The van der Waals surface area contributed by atoms with E-state index in [-0.39, 0.29) is 0 Å². The van der Waals surface area contributed by atoms with Gasteiger partial charge in [0, 0.05) is 24.9 Å². The molecule has 0 fully saturated rings. The van der Waals surface area contributed by atoms with Gasteiger partial charge in [0.2, 0.25) is 0 Å². The van der Waals surface area contributed by atoms with E-state index < -0.39 is 5.54 Å². The maximum absolute atomic E-state index is 8.34. The third-order valence-corrected chi connectivity index (χ3v) is 1.88. The van der Waals surface area contributed by atoms with E-state index in [1.807, 2.05) is 12.1 Å². The molecule has 0 saturated carbocycles. The van der Waals surface area contributed by atoms with Gasteiger partial charge >= 0.3 is 0 Å². The molecular weight excluding hydrogens is 152 g/mol. The highest BCUT2D eigenvalue weighted by Crippen LogP contribution is 2.14. The van der Waals surface area contributed by atoms with Gasteiger partial charge in [-0.1, -0.05) is 0 Å². The minimum Gasteiger partial charge on any atom is -0.329 e. The van der Waals surface area contributed by atoms with Crippen LogP contribution in [0.15, 0.2) is 0 Å². The highest BCUT2D eigenvalue weighted by atomic mass is 14.8. The van der Waals surface area contributed by atoms with E-state index in [4.69, 9.17) is 22.0 Å². The van der Waals surface area contributed by atoms with Crippen LogP contribution in [-0.2, 0) is 0 Å². The topological polar surface area (TPSA) is 99.6 Å². The second-order valence-corrected chi connectivity index (χ2v) is 2.88. The maximum Gasteiger partial charge on any atom is 0.0622 e. The van der Waals surface area contributed by atoms with Gasteiger partial charge in [0.05, 0.1) is 12.1 Å². The predicted molar refractivity (Wildman–Crippen MR) is 45.7 cm³/mol. The van der Waals surface area contributed by atoms with Crippen molar-refractivity contribution in [2.75, 3.05) is 6.54 Å². The van der Waals surface area contributed by atoms with Crippen LogP contribution in [0.3, 0.4) is 0 Å². The molecule has 0 saturated heterocycles. The molecule has 0 aromatic heterocycles. The predicted octanol–water partition coefficient (Wildman–Crippen LogP) is 0.250. The molecule has 4 N–H and O–H groups in total. The van der Waals surface area contributed by atoms with Crippen LogP contribution in [0.25, 0.3) is 0 Å². The number of rotatable bonds is 5. The van der Waals surface area contributed by atoms with Gasteiger partial charge in [-0.2, -0.15) is 10.5 Å². The van der Waals surface area contributed by atoms with Crippen LogP contribution in [-0.4, -0.2) is 12.1 Å². The molecule has 0 aliphatic rings. The zero-order valence-corrected chi connectivity index (χ0v) is 7.08. The van der Waals surface area contributed by atoms with Gasteiger partial charge in [0.1, 0.15) is 0 Å². The van der Waals surface area contributed by atoms with Crippen LogP contribution >= 0.6 is 0 Å². The van der Waals surface area contributed by atoms with Gasteiger partial charge in [-0.15, -0.1) is 0 Å². The number of hydrogen-bond acceptors (Lipinski definition) is 4. The number of nitrogens with two attached hydrogens (primary N) is 2. The number of nitriles is 2. The molecule has 0 heterocycles. The van der Waals surface area contributed by atoms with E-state index in [0.717, 1.165) is 0 Å². The smallest absolute Gasteiger partial charge is 0.0622 e. The maximum atomic E-state index is 8.34. The molecule has 4 heteroatoms. The van der Waals surface area contributed by atoms with Crippen LogP contribution in [0, 0.1) is 22.7 Å². The molecule has 0 amide bonds. The standard InChI is InChI=1S/C8H14N4/c9-5-1-3-8(12,7-11)4-2-6-10/h1-4,7,11-12H2. The Morgan fingerprint density at radius 1 is 1.08 bits per heavy atom. The van der Waals surface area contributed by atoms with Gasteiger partial charge < -0.3 is 11.5 Å². The Bertz CT molecular complexity index is 180. The molecule has 0 spiro atoms. The Morgan fingerprint density at radius 2 is 1.50 bits per heavy atom. The molecule has 0 unspecified atom stereocenters. The minimum absolute atomic E-state index is 0.330.